The zero-order valence-corrected chi connectivity index (χ0v) is 11.1. The van der Waals surface area contributed by atoms with E-state index < -0.39 is 28.4 Å². The van der Waals surface area contributed by atoms with Crippen LogP contribution in [0.15, 0.2) is 0 Å². The normalized spacial score (nSPS) is 17.3. The molecule has 0 spiro atoms. The van der Waals surface area contributed by atoms with E-state index >= 15 is 0 Å². The molecule has 0 bridgehead atoms. The highest BCUT2D eigenvalue weighted by Gasteiger charge is 2.36. The Balaban J connectivity index is 2.57. The van der Waals surface area contributed by atoms with Crippen molar-refractivity contribution in [3.05, 3.63) is 0 Å². The molecule has 18 heavy (non-hydrogen) atoms. The van der Waals surface area contributed by atoms with Gasteiger partial charge < -0.3 is 10.5 Å². The molecule has 0 aromatic carbocycles. The van der Waals surface area contributed by atoms with Crippen molar-refractivity contribution in [3.8, 4) is 0 Å². The number of nitrogens with two attached hydrogens (primary N) is 1. The summed E-state index contributed by atoms with van der Waals surface area (Å²) in [6.07, 6.45) is 0.134. The molecule has 5 N–H and O–H groups in total. The summed E-state index contributed by atoms with van der Waals surface area (Å²) in [4.78, 5) is 11.2. The number of carbonyl (C=O) groups is 1. The topological polar surface area (TPSA) is 134 Å². The highest BCUT2D eigenvalue weighted by atomic mass is 32.2. The molecule has 0 aromatic heterocycles. The first-order valence-corrected chi connectivity index (χ1v) is 7.04. The first kappa shape index (κ1) is 14.7. The maximum absolute atomic E-state index is 11.6. The Labute approximate surface area is 106 Å². The quantitative estimate of drug-likeness (QED) is 0.390. The summed E-state index contributed by atoms with van der Waals surface area (Å²) in [5, 5.41) is 7.30. The molecule has 1 saturated carbocycles. The predicted octanol–water partition coefficient (Wildman–Crippen LogP) is -0.330. The molecular weight excluding hydrogens is 260 g/mol. The van der Waals surface area contributed by atoms with E-state index in [2.05, 4.69) is 9.46 Å². The summed E-state index contributed by atoms with van der Waals surface area (Å²) in [5.41, 5.74) is 5.31. The minimum absolute atomic E-state index is 0.0280. The Morgan fingerprint density at radius 2 is 2.00 bits per heavy atom. The van der Waals surface area contributed by atoms with Crippen LogP contribution in [0.2, 0.25) is 0 Å². The molecule has 0 saturated heterocycles. The summed E-state index contributed by atoms with van der Waals surface area (Å²) in [5.74, 6) is -0.236. The van der Waals surface area contributed by atoms with Crippen LogP contribution in [0.1, 0.15) is 26.7 Å². The lowest BCUT2D eigenvalue weighted by atomic mass is 10.2. The zero-order chi connectivity index (χ0) is 13.9. The van der Waals surface area contributed by atoms with Gasteiger partial charge in [-0.25, -0.2) is 9.52 Å². The average Bonchev–Trinajstić information content (AvgIpc) is 2.94. The van der Waals surface area contributed by atoms with E-state index in [9.17, 15) is 13.2 Å². The summed E-state index contributed by atoms with van der Waals surface area (Å²) < 4.78 is 31.7. The van der Waals surface area contributed by atoms with E-state index in [1.165, 1.54) is 0 Å². The van der Waals surface area contributed by atoms with Crippen LogP contribution in [0.25, 0.3) is 0 Å². The molecule has 1 atom stereocenters. The van der Waals surface area contributed by atoms with Crippen LogP contribution in [0, 0.1) is 11.3 Å². The number of hydrogen-bond acceptors (Lipinski definition) is 5. The Kier molecular flexibility index (Phi) is 4.52. The van der Waals surface area contributed by atoms with Crippen LogP contribution in [0.3, 0.4) is 0 Å². The third-order valence-corrected chi connectivity index (χ3v) is 3.27. The van der Waals surface area contributed by atoms with Gasteiger partial charge in [-0.15, -0.1) is 0 Å². The summed E-state index contributed by atoms with van der Waals surface area (Å²) in [7, 11) is -4.07. The number of carbonyl (C=O) groups excluding carboxylic acids is 1. The van der Waals surface area contributed by atoms with Crippen molar-refractivity contribution in [2.75, 3.05) is 0 Å². The van der Waals surface area contributed by atoms with Crippen LogP contribution < -0.4 is 15.2 Å². The van der Waals surface area contributed by atoms with E-state index in [4.69, 9.17) is 11.1 Å². The highest BCUT2D eigenvalue weighted by molar-refractivity contribution is 7.88. The van der Waals surface area contributed by atoms with Gasteiger partial charge in [0.05, 0.1) is 12.1 Å². The minimum Gasteiger partial charge on any atom is -0.446 e. The SMILES string of the molecule is CC(C)OC(=O)NS(=O)(=O)NC(C(=N)N)C1CC1. The number of nitrogens with one attached hydrogen (secondary N) is 3. The molecular formula is C9H18N4O4S. The molecule has 0 heterocycles. The summed E-state index contributed by atoms with van der Waals surface area (Å²) in [6, 6.07) is -0.769. The van der Waals surface area contributed by atoms with E-state index in [0.29, 0.717) is 0 Å². The second-order valence-electron chi connectivity index (χ2n) is 4.45. The van der Waals surface area contributed by atoms with E-state index in [0.717, 1.165) is 12.8 Å². The monoisotopic (exact) mass is 278 g/mol. The maximum Gasteiger partial charge on any atom is 0.422 e. The minimum atomic E-state index is -4.07. The number of rotatable bonds is 6. The molecule has 9 heteroatoms. The first-order valence-electron chi connectivity index (χ1n) is 5.56. The molecule has 1 unspecified atom stereocenters. The van der Waals surface area contributed by atoms with E-state index in [1.54, 1.807) is 18.6 Å². The van der Waals surface area contributed by atoms with Gasteiger partial charge in [0.25, 0.3) is 0 Å². The molecule has 8 nitrogen and oxygen atoms in total. The van der Waals surface area contributed by atoms with Gasteiger partial charge in [0, 0.05) is 0 Å². The number of hydrogen-bond donors (Lipinski definition) is 4. The molecule has 1 aliphatic carbocycles. The Bertz CT molecular complexity index is 430. The molecule has 104 valence electrons. The van der Waals surface area contributed by atoms with Crippen molar-refractivity contribution < 1.29 is 17.9 Å². The van der Waals surface area contributed by atoms with Crippen molar-refractivity contribution in [1.82, 2.24) is 9.44 Å². The molecule has 0 aromatic rings. The van der Waals surface area contributed by atoms with Gasteiger partial charge in [-0.05, 0) is 32.6 Å². The predicted molar refractivity (Wildman–Crippen MR) is 65.2 cm³/mol. The first-order chi connectivity index (χ1) is 8.21. The summed E-state index contributed by atoms with van der Waals surface area (Å²) in [6.45, 7) is 3.20. The second-order valence-corrected chi connectivity index (χ2v) is 5.89. The number of amidine groups is 1. The largest absolute Gasteiger partial charge is 0.446 e. The van der Waals surface area contributed by atoms with Gasteiger partial charge in [0.1, 0.15) is 5.84 Å². The van der Waals surface area contributed by atoms with Crippen molar-refractivity contribution >= 4 is 22.1 Å². The zero-order valence-electron chi connectivity index (χ0n) is 10.3. The standard InChI is InChI=1S/C9H18N4O4S/c1-5(2)17-9(14)13-18(15,16)12-7(8(10)11)6-3-4-6/h5-7,12H,3-4H2,1-2H3,(H3,10,11)(H,13,14). The average molecular weight is 278 g/mol. The van der Waals surface area contributed by atoms with Gasteiger partial charge in [-0.1, -0.05) is 0 Å². The van der Waals surface area contributed by atoms with Crippen molar-refractivity contribution in [3.63, 3.8) is 0 Å². The molecule has 1 fully saturated rings. The summed E-state index contributed by atoms with van der Waals surface area (Å²) >= 11 is 0. The number of amides is 1. The molecule has 1 aliphatic rings. The Morgan fingerprint density at radius 1 is 1.44 bits per heavy atom. The lowest BCUT2D eigenvalue weighted by Crippen LogP contribution is -2.51. The van der Waals surface area contributed by atoms with Crippen molar-refractivity contribution in [1.29, 1.82) is 5.41 Å². The van der Waals surface area contributed by atoms with Gasteiger partial charge >= 0.3 is 16.3 Å². The van der Waals surface area contributed by atoms with Crippen LogP contribution in [0.5, 0.6) is 0 Å². The smallest absolute Gasteiger partial charge is 0.422 e. The molecule has 1 rings (SSSR count). The molecule has 0 aliphatic heterocycles. The third kappa shape index (κ3) is 4.88. The maximum atomic E-state index is 11.6. The lowest BCUT2D eigenvalue weighted by Gasteiger charge is -2.17. The van der Waals surface area contributed by atoms with Crippen LogP contribution in [-0.4, -0.2) is 32.5 Å². The lowest BCUT2D eigenvalue weighted by molar-refractivity contribution is 0.121. The Morgan fingerprint density at radius 3 is 2.39 bits per heavy atom. The van der Waals surface area contributed by atoms with Crippen LogP contribution in [-0.2, 0) is 14.9 Å². The third-order valence-electron chi connectivity index (χ3n) is 2.27. The molecule has 0 radical (unpaired) electrons. The Hall–Kier alpha value is -1.35. The highest BCUT2D eigenvalue weighted by Crippen LogP contribution is 2.32. The van der Waals surface area contributed by atoms with E-state index in [1.807, 2.05) is 0 Å². The van der Waals surface area contributed by atoms with Crippen LogP contribution >= 0.6 is 0 Å². The van der Waals surface area contributed by atoms with Gasteiger partial charge in [-0.2, -0.15) is 13.1 Å². The molecule has 1 amide bonds. The van der Waals surface area contributed by atoms with Gasteiger partial charge in [0.15, 0.2) is 0 Å². The van der Waals surface area contributed by atoms with Crippen molar-refractivity contribution in [2.45, 2.75) is 38.8 Å². The van der Waals surface area contributed by atoms with Crippen LogP contribution in [0.4, 0.5) is 4.79 Å². The fraction of sp³-hybridized carbons (Fsp3) is 0.778. The van der Waals surface area contributed by atoms with Gasteiger partial charge in [-0.3, -0.25) is 5.41 Å². The van der Waals surface area contributed by atoms with E-state index in [-0.39, 0.29) is 11.8 Å². The fourth-order valence-electron chi connectivity index (χ4n) is 1.39. The number of ether oxygens (including phenoxy) is 1. The van der Waals surface area contributed by atoms with Crippen molar-refractivity contribution in [2.24, 2.45) is 11.7 Å². The van der Waals surface area contributed by atoms with Gasteiger partial charge in [0.2, 0.25) is 0 Å². The fourth-order valence-corrected chi connectivity index (χ4v) is 2.37. The second kappa shape index (κ2) is 5.53.